The summed E-state index contributed by atoms with van der Waals surface area (Å²) >= 11 is 0. The number of nitrogens with two attached hydrogens (primary N) is 1. The summed E-state index contributed by atoms with van der Waals surface area (Å²) in [7, 11) is 2.04. The van der Waals surface area contributed by atoms with E-state index in [-0.39, 0.29) is 17.2 Å². The van der Waals surface area contributed by atoms with Gasteiger partial charge in [0.05, 0.1) is 22.9 Å². The Morgan fingerprint density at radius 1 is 1.23 bits per heavy atom. The molecular weight excluding hydrogens is 397 g/mol. The van der Waals surface area contributed by atoms with Crippen LogP contribution in [-0.2, 0) is 0 Å². The molecule has 2 aliphatic rings. The number of aromatic nitrogens is 1. The molecule has 3 N–H and O–H groups in total. The average Bonchev–Trinajstić information content (AvgIpc) is 3.12. The number of nitrogens with zero attached hydrogens (tertiary/aromatic N) is 2. The third-order valence-electron chi connectivity index (χ3n) is 6.21. The molecule has 2 aromatic rings. The number of piperidine rings is 1. The second kappa shape index (κ2) is 7.46. The Hall–Kier alpha value is -2.81. The van der Waals surface area contributed by atoms with Crippen molar-refractivity contribution >= 4 is 11.6 Å². The quantitative estimate of drug-likeness (QED) is 0.753. The van der Waals surface area contributed by atoms with Gasteiger partial charge in [-0.15, -0.1) is 0 Å². The van der Waals surface area contributed by atoms with E-state index in [1.807, 2.05) is 7.05 Å². The lowest BCUT2D eigenvalue weighted by atomic mass is 10.0. The SMILES string of the molecule is C[C@H](c1cccc(C(F)F)c1F)n1cc(C(N)=O)c(NC2C3CN(C)CC32)cc1=O. The van der Waals surface area contributed by atoms with Crippen LogP contribution in [0.3, 0.4) is 0 Å². The molecule has 0 bridgehead atoms. The van der Waals surface area contributed by atoms with Crippen LogP contribution in [0.2, 0.25) is 0 Å². The molecule has 2 fully saturated rings. The van der Waals surface area contributed by atoms with Gasteiger partial charge in [-0.3, -0.25) is 9.59 Å². The number of rotatable bonds is 6. The molecule has 2 unspecified atom stereocenters. The maximum absolute atomic E-state index is 14.6. The van der Waals surface area contributed by atoms with Crippen LogP contribution >= 0.6 is 0 Å². The molecule has 0 radical (unpaired) electrons. The number of hydrogen-bond acceptors (Lipinski definition) is 4. The van der Waals surface area contributed by atoms with Crippen molar-refractivity contribution in [3.05, 3.63) is 63.3 Å². The van der Waals surface area contributed by atoms with Crippen molar-refractivity contribution in [2.45, 2.75) is 25.4 Å². The molecule has 4 rings (SSSR count). The standard InChI is InChI=1S/C21H23F3N4O2/c1-10(11-4-3-5-12(18(11)22)20(23)24)28-9-15(21(25)30)16(6-17(28)29)26-19-13-7-27(2)8-14(13)19/h3-6,9-10,13-14,19-20,26H,7-8H2,1-2H3,(H2,25,30)/t10-,13?,14?,19?/m1/s1. The Labute approximate surface area is 171 Å². The zero-order valence-electron chi connectivity index (χ0n) is 16.6. The summed E-state index contributed by atoms with van der Waals surface area (Å²) in [5.74, 6) is -0.876. The number of anilines is 1. The highest BCUT2D eigenvalue weighted by Crippen LogP contribution is 2.46. The van der Waals surface area contributed by atoms with Crippen molar-refractivity contribution in [3.63, 3.8) is 0 Å². The van der Waals surface area contributed by atoms with Crippen molar-refractivity contribution in [1.29, 1.82) is 0 Å². The first-order valence-corrected chi connectivity index (χ1v) is 9.76. The molecule has 9 heteroatoms. The van der Waals surface area contributed by atoms with E-state index in [4.69, 9.17) is 5.73 Å². The predicted octanol–water partition coefficient (Wildman–Crippen LogP) is 2.61. The minimum absolute atomic E-state index is 0.0641. The van der Waals surface area contributed by atoms with Crippen molar-refractivity contribution in [2.24, 2.45) is 17.6 Å². The smallest absolute Gasteiger partial charge is 0.266 e. The lowest BCUT2D eigenvalue weighted by molar-refractivity contribution is 0.1000. The van der Waals surface area contributed by atoms with E-state index in [0.29, 0.717) is 17.5 Å². The summed E-state index contributed by atoms with van der Waals surface area (Å²) in [5, 5.41) is 3.26. The molecule has 1 aromatic carbocycles. The van der Waals surface area contributed by atoms with Crippen LogP contribution in [0, 0.1) is 17.7 Å². The van der Waals surface area contributed by atoms with E-state index in [0.717, 1.165) is 23.7 Å². The van der Waals surface area contributed by atoms with Gasteiger partial charge in [-0.05, 0) is 25.8 Å². The maximum atomic E-state index is 14.6. The molecular formula is C21H23F3N4O2. The molecule has 0 spiro atoms. The third-order valence-corrected chi connectivity index (χ3v) is 6.21. The predicted molar refractivity (Wildman–Crippen MR) is 106 cm³/mol. The summed E-state index contributed by atoms with van der Waals surface area (Å²) in [6.45, 7) is 3.40. The van der Waals surface area contributed by atoms with Gasteiger partial charge in [-0.1, -0.05) is 18.2 Å². The second-order valence-electron chi connectivity index (χ2n) is 8.16. The molecule has 30 heavy (non-hydrogen) atoms. The van der Waals surface area contributed by atoms with Gasteiger partial charge in [-0.25, -0.2) is 13.2 Å². The van der Waals surface area contributed by atoms with Crippen molar-refractivity contribution < 1.29 is 18.0 Å². The number of carbonyl (C=O) groups excluding carboxylic acids is 1. The molecule has 1 amide bonds. The number of likely N-dealkylation sites (tertiary alicyclic amines) is 1. The zero-order chi connectivity index (χ0) is 21.7. The highest BCUT2D eigenvalue weighted by atomic mass is 19.3. The van der Waals surface area contributed by atoms with E-state index >= 15 is 0 Å². The average molecular weight is 420 g/mol. The first-order chi connectivity index (χ1) is 14.2. The highest BCUT2D eigenvalue weighted by molar-refractivity contribution is 5.98. The van der Waals surface area contributed by atoms with Crippen molar-refractivity contribution in [3.8, 4) is 0 Å². The molecule has 160 valence electrons. The Kier molecular flexibility index (Phi) is 5.09. The van der Waals surface area contributed by atoms with Gasteiger partial charge >= 0.3 is 0 Å². The number of benzene rings is 1. The number of hydrogen-bond donors (Lipinski definition) is 2. The van der Waals surface area contributed by atoms with Crippen molar-refractivity contribution in [2.75, 3.05) is 25.5 Å². The van der Waals surface area contributed by atoms with E-state index in [9.17, 15) is 22.8 Å². The molecule has 3 atom stereocenters. The van der Waals surface area contributed by atoms with E-state index in [1.54, 1.807) is 0 Å². The molecule has 6 nitrogen and oxygen atoms in total. The lowest BCUT2D eigenvalue weighted by Crippen LogP contribution is -2.29. The summed E-state index contributed by atoms with van der Waals surface area (Å²) in [4.78, 5) is 27.0. The molecule has 1 aromatic heterocycles. The number of carbonyl (C=O) groups is 1. The topological polar surface area (TPSA) is 80.4 Å². The second-order valence-corrected chi connectivity index (χ2v) is 8.16. The Bertz CT molecular complexity index is 1040. The first kappa shape index (κ1) is 20.5. The van der Waals surface area contributed by atoms with Gasteiger partial charge in [0.2, 0.25) is 0 Å². The van der Waals surface area contributed by atoms with E-state index in [2.05, 4.69) is 10.2 Å². The van der Waals surface area contributed by atoms with E-state index in [1.165, 1.54) is 31.3 Å². The van der Waals surface area contributed by atoms with Crippen LogP contribution in [-0.4, -0.2) is 41.6 Å². The Morgan fingerprint density at radius 3 is 2.47 bits per heavy atom. The van der Waals surface area contributed by atoms with Gasteiger partial charge in [0.25, 0.3) is 17.9 Å². The molecule has 1 saturated carbocycles. The molecule has 1 aliphatic carbocycles. The van der Waals surface area contributed by atoms with Crippen LogP contribution in [0.5, 0.6) is 0 Å². The number of alkyl halides is 2. The zero-order valence-corrected chi connectivity index (χ0v) is 16.6. The number of primary amides is 1. The van der Waals surface area contributed by atoms with Crippen LogP contribution in [0.4, 0.5) is 18.9 Å². The number of nitrogens with one attached hydrogen (secondary N) is 1. The van der Waals surface area contributed by atoms with Crippen LogP contribution in [0.1, 0.15) is 40.9 Å². The monoisotopic (exact) mass is 420 g/mol. The van der Waals surface area contributed by atoms with Gasteiger partial charge in [-0.2, -0.15) is 0 Å². The largest absolute Gasteiger partial charge is 0.381 e. The van der Waals surface area contributed by atoms with Crippen LogP contribution in [0.25, 0.3) is 0 Å². The number of amides is 1. The van der Waals surface area contributed by atoms with E-state index < -0.39 is 35.3 Å². The van der Waals surface area contributed by atoms with Gasteiger partial charge < -0.3 is 20.5 Å². The third kappa shape index (κ3) is 3.47. The number of halogens is 3. The number of fused-ring (bicyclic) bond motifs is 1. The molecule has 1 aliphatic heterocycles. The molecule has 1 saturated heterocycles. The maximum Gasteiger partial charge on any atom is 0.266 e. The fourth-order valence-corrected chi connectivity index (χ4v) is 4.51. The summed E-state index contributed by atoms with van der Waals surface area (Å²) in [6.07, 6.45) is -1.70. The Morgan fingerprint density at radius 2 is 1.87 bits per heavy atom. The fourth-order valence-electron chi connectivity index (χ4n) is 4.51. The first-order valence-electron chi connectivity index (χ1n) is 9.76. The normalized spacial score (nSPS) is 24.0. The summed E-state index contributed by atoms with van der Waals surface area (Å²) in [6, 6.07) is 4.20. The minimum atomic E-state index is -2.97. The molecule has 2 heterocycles. The summed E-state index contributed by atoms with van der Waals surface area (Å²) < 4.78 is 41.8. The summed E-state index contributed by atoms with van der Waals surface area (Å²) in [5.41, 5.74) is 4.69. The number of pyridine rings is 1. The van der Waals surface area contributed by atoms with Crippen molar-refractivity contribution in [1.82, 2.24) is 9.47 Å². The lowest BCUT2D eigenvalue weighted by Gasteiger charge is -2.21. The Balaban J connectivity index is 1.67. The van der Waals surface area contributed by atoms with Crippen LogP contribution < -0.4 is 16.6 Å². The van der Waals surface area contributed by atoms with Crippen LogP contribution in [0.15, 0.2) is 35.3 Å². The van der Waals surface area contributed by atoms with Gasteiger partial charge in [0.15, 0.2) is 0 Å². The minimum Gasteiger partial charge on any atom is -0.381 e. The van der Waals surface area contributed by atoms with Gasteiger partial charge in [0.1, 0.15) is 5.82 Å². The highest BCUT2D eigenvalue weighted by Gasteiger charge is 2.55. The van der Waals surface area contributed by atoms with Gasteiger partial charge in [0, 0.05) is 37.0 Å². The fraction of sp³-hybridized carbons (Fsp3) is 0.429.